The maximum absolute atomic E-state index is 11.8. The second-order valence-corrected chi connectivity index (χ2v) is 7.65. The van der Waals surface area contributed by atoms with Crippen LogP contribution in [0.2, 0.25) is 0 Å². The Morgan fingerprint density at radius 1 is 1.35 bits per heavy atom. The highest BCUT2D eigenvalue weighted by molar-refractivity contribution is 7.91. The summed E-state index contributed by atoms with van der Waals surface area (Å²) in [5, 5.41) is 11.8. The van der Waals surface area contributed by atoms with Gasteiger partial charge >= 0.3 is 5.97 Å². The monoisotopic (exact) mass is 297 g/mol. The number of aromatic carboxylic acids is 1. The number of carboxylic acid groups (broad SMARTS) is 1. The Labute approximate surface area is 118 Å². The van der Waals surface area contributed by atoms with Gasteiger partial charge in [0.1, 0.15) is 0 Å². The van der Waals surface area contributed by atoms with Crippen LogP contribution in [0.4, 0.5) is 5.69 Å². The van der Waals surface area contributed by atoms with Gasteiger partial charge < -0.3 is 10.4 Å². The van der Waals surface area contributed by atoms with Crippen LogP contribution in [0.1, 0.15) is 35.2 Å². The maximum atomic E-state index is 11.8. The fourth-order valence-electron chi connectivity index (χ4n) is 2.71. The minimum atomic E-state index is -3.09. The van der Waals surface area contributed by atoms with Gasteiger partial charge in [0, 0.05) is 18.0 Å². The van der Waals surface area contributed by atoms with Crippen LogP contribution >= 0.6 is 0 Å². The minimum absolute atomic E-state index is 0.146. The van der Waals surface area contributed by atoms with Crippen molar-refractivity contribution in [3.05, 3.63) is 29.3 Å². The zero-order valence-corrected chi connectivity index (χ0v) is 12.4. The molecule has 1 aliphatic rings. The Kier molecular flexibility index (Phi) is 4.04. The van der Waals surface area contributed by atoms with Gasteiger partial charge in [-0.15, -0.1) is 0 Å². The quantitative estimate of drug-likeness (QED) is 0.889. The highest BCUT2D eigenvalue weighted by Gasteiger charge is 2.34. The molecule has 1 aliphatic carbocycles. The van der Waals surface area contributed by atoms with Crippen molar-refractivity contribution >= 4 is 21.5 Å². The average molecular weight is 297 g/mol. The van der Waals surface area contributed by atoms with Gasteiger partial charge in [0.25, 0.3) is 0 Å². The van der Waals surface area contributed by atoms with Crippen molar-refractivity contribution in [3.63, 3.8) is 0 Å². The van der Waals surface area contributed by atoms with E-state index in [-0.39, 0.29) is 11.6 Å². The van der Waals surface area contributed by atoms with Gasteiger partial charge in [-0.3, -0.25) is 0 Å². The van der Waals surface area contributed by atoms with Crippen molar-refractivity contribution in [1.29, 1.82) is 0 Å². The lowest BCUT2D eigenvalue weighted by Gasteiger charge is -2.22. The van der Waals surface area contributed by atoms with E-state index in [1.54, 1.807) is 18.2 Å². The fraction of sp³-hybridized carbons (Fsp3) is 0.500. The summed E-state index contributed by atoms with van der Waals surface area (Å²) in [6.45, 7) is 1.87. The molecule has 1 aromatic rings. The Hall–Kier alpha value is -1.56. The molecule has 0 aromatic heterocycles. The van der Waals surface area contributed by atoms with Crippen LogP contribution in [-0.4, -0.2) is 37.0 Å². The number of hydrogen-bond acceptors (Lipinski definition) is 4. The first-order valence-corrected chi connectivity index (χ1v) is 8.54. The number of carboxylic acids is 1. The Balaban J connectivity index is 2.25. The second-order valence-electron chi connectivity index (χ2n) is 5.38. The van der Waals surface area contributed by atoms with Crippen LogP contribution in [0.5, 0.6) is 0 Å². The number of sulfone groups is 1. The van der Waals surface area contributed by atoms with E-state index < -0.39 is 21.1 Å². The van der Waals surface area contributed by atoms with E-state index in [2.05, 4.69) is 5.32 Å². The van der Waals surface area contributed by atoms with E-state index in [1.807, 2.05) is 6.92 Å². The van der Waals surface area contributed by atoms with Crippen molar-refractivity contribution in [2.24, 2.45) is 0 Å². The van der Waals surface area contributed by atoms with E-state index in [4.69, 9.17) is 5.11 Å². The summed E-state index contributed by atoms with van der Waals surface area (Å²) in [5.74, 6) is -0.987. The third-order valence-corrected chi connectivity index (χ3v) is 5.49. The van der Waals surface area contributed by atoms with Crippen LogP contribution < -0.4 is 5.32 Å². The zero-order chi connectivity index (χ0) is 14.9. The number of anilines is 1. The Morgan fingerprint density at radius 2 is 2.05 bits per heavy atom. The van der Waals surface area contributed by atoms with Gasteiger partial charge in [-0.1, -0.05) is 6.07 Å². The third kappa shape index (κ3) is 3.12. The molecule has 0 saturated heterocycles. The molecule has 1 aromatic carbocycles. The first-order valence-electron chi connectivity index (χ1n) is 6.58. The summed E-state index contributed by atoms with van der Waals surface area (Å²) in [6.07, 6.45) is 3.58. The zero-order valence-electron chi connectivity index (χ0n) is 11.6. The Bertz CT molecular complexity index is 624. The van der Waals surface area contributed by atoms with Crippen LogP contribution in [0, 0.1) is 6.92 Å². The first-order chi connectivity index (χ1) is 9.29. The molecule has 5 nitrogen and oxygen atoms in total. The van der Waals surface area contributed by atoms with E-state index in [0.29, 0.717) is 12.1 Å². The molecule has 0 radical (unpaired) electrons. The molecule has 0 bridgehead atoms. The molecule has 20 heavy (non-hydrogen) atoms. The van der Waals surface area contributed by atoms with Crippen LogP contribution in [0.15, 0.2) is 18.2 Å². The van der Waals surface area contributed by atoms with E-state index in [9.17, 15) is 13.2 Å². The number of nitrogens with one attached hydrogen (secondary N) is 1. The molecule has 6 heteroatoms. The molecule has 0 heterocycles. The van der Waals surface area contributed by atoms with Gasteiger partial charge in [0.05, 0.1) is 10.8 Å². The molecular weight excluding hydrogens is 278 g/mol. The predicted octanol–water partition coefficient (Wildman–Crippen LogP) is 2.07. The predicted molar refractivity (Wildman–Crippen MR) is 78.0 cm³/mol. The lowest BCUT2D eigenvalue weighted by molar-refractivity contribution is 0.0697. The molecule has 2 N–H and O–H groups in total. The molecule has 2 rings (SSSR count). The Morgan fingerprint density at radius 3 is 2.65 bits per heavy atom. The van der Waals surface area contributed by atoms with E-state index >= 15 is 0 Å². The molecule has 2 unspecified atom stereocenters. The van der Waals surface area contributed by atoms with Crippen molar-refractivity contribution < 1.29 is 18.3 Å². The van der Waals surface area contributed by atoms with Gasteiger partial charge in [0.15, 0.2) is 9.84 Å². The number of carbonyl (C=O) groups is 1. The second kappa shape index (κ2) is 5.44. The summed E-state index contributed by atoms with van der Waals surface area (Å²) < 4.78 is 23.5. The van der Waals surface area contributed by atoms with Gasteiger partial charge in [-0.05, 0) is 43.9 Å². The summed E-state index contributed by atoms with van der Waals surface area (Å²) in [7, 11) is -3.09. The SMILES string of the molecule is Cc1ccc(C(=O)O)cc1NC1CCCC1S(C)(=O)=O. The summed E-state index contributed by atoms with van der Waals surface area (Å²) >= 11 is 0. The van der Waals surface area contributed by atoms with Crippen molar-refractivity contribution in [2.75, 3.05) is 11.6 Å². The lowest BCUT2D eigenvalue weighted by atomic mass is 10.1. The van der Waals surface area contributed by atoms with Gasteiger partial charge in [-0.2, -0.15) is 0 Å². The number of rotatable bonds is 4. The molecule has 1 fully saturated rings. The third-order valence-electron chi connectivity index (χ3n) is 3.83. The standard InChI is InChI=1S/C14H19NO4S/c1-9-6-7-10(14(16)17)8-12(9)15-11-4-3-5-13(11)20(2,18)19/h6-8,11,13,15H,3-5H2,1-2H3,(H,16,17). The van der Waals surface area contributed by atoms with Crippen molar-refractivity contribution in [2.45, 2.75) is 37.5 Å². The van der Waals surface area contributed by atoms with E-state index in [1.165, 1.54) is 6.26 Å². The summed E-state index contributed by atoms with van der Waals surface area (Å²) in [5.41, 5.74) is 1.81. The molecule has 0 spiro atoms. The molecular formula is C14H19NO4S. The normalized spacial score (nSPS) is 22.7. The van der Waals surface area contributed by atoms with Gasteiger partial charge in [-0.25, -0.2) is 13.2 Å². The fourth-order valence-corrected chi connectivity index (χ4v) is 4.11. The summed E-state index contributed by atoms with van der Waals surface area (Å²) in [6, 6.07) is 4.70. The highest BCUT2D eigenvalue weighted by atomic mass is 32.2. The van der Waals surface area contributed by atoms with Gasteiger partial charge in [0.2, 0.25) is 0 Å². The highest BCUT2D eigenvalue weighted by Crippen LogP contribution is 2.29. The number of hydrogen-bond donors (Lipinski definition) is 2. The minimum Gasteiger partial charge on any atom is -0.478 e. The molecule has 2 atom stereocenters. The first kappa shape index (κ1) is 14.8. The largest absolute Gasteiger partial charge is 0.478 e. The van der Waals surface area contributed by atoms with Crippen LogP contribution in [0.25, 0.3) is 0 Å². The molecule has 0 amide bonds. The maximum Gasteiger partial charge on any atom is 0.335 e. The topological polar surface area (TPSA) is 83.5 Å². The number of benzene rings is 1. The van der Waals surface area contributed by atoms with Crippen molar-refractivity contribution in [3.8, 4) is 0 Å². The number of aryl methyl sites for hydroxylation is 1. The molecule has 1 saturated carbocycles. The summed E-state index contributed by atoms with van der Waals surface area (Å²) in [4.78, 5) is 11.0. The van der Waals surface area contributed by atoms with Crippen molar-refractivity contribution in [1.82, 2.24) is 0 Å². The lowest BCUT2D eigenvalue weighted by Crippen LogP contribution is -2.34. The van der Waals surface area contributed by atoms with Crippen LogP contribution in [-0.2, 0) is 9.84 Å². The van der Waals surface area contributed by atoms with Crippen LogP contribution in [0.3, 0.4) is 0 Å². The average Bonchev–Trinajstić information content (AvgIpc) is 2.79. The molecule has 0 aliphatic heterocycles. The smallest absolute Gasteiger partial charge is 0.335 e. The molecule has 110 valence electrons. The van der Waals surface area contributed by atoms with E-state index in [0.717, 1.165) is 18.4 Å².